The summed E-state index contributed by atoms with van der Waals surface area (Å²) in [6, 6.07) is -0.335. The van der Waals surface area contributed by atoms with Crippen molar-refractivity contribution in [3.8, 4) is 0 Å². The first kappa shape index (κ1) is 14.8. The maximum absolute atomic E-state index is 11.5. The molecule has 104 valence electrons. The highest BCUT2D eigenvalue weighted by molar-refractivity contribution is 5.78. The second-order valence-electron chi connectivity index (χ2n) is 4.75. The molecule has 0 atom stereocenters. The molecule has 0 aliphatic heterocycles. The van der Waals surface area contributed by atoms with E-state index in [4.69, 9.17) is 4.74 Å². The number of amides is 2. The van der Waals surface area contributed by atoms with Gasteiger partial charge in [-0.15, -0.1) is 0 Å². The van der Waals surface area contributed by atoms with Crippen LogP contribution in [0.15, 0.2) is 0 Å². The third-order valence-electron chi connectivity index (χ3n) is 3.44. The van der Waals surface area contributed by atoms with Crippen LogP contribution in [-0.4, -0.2) is 43.9 Å². The lowest BCUT2D eigenvalue weighted by Crippen LogP contribution is -2.47. The molecule has 1 saturated carbocycles. The third-order valence-corrected chi connectivity index (χ3v) is 3.44. The van der Waals surface area contributed by atoms with Crippen LogP contribution in [0.1, 0.15) is 32.1 Å². The van der Waals surface area contributed by atoms with Crippen molar-refractivity contribution >= 4 is 12.0 Å². The lowest BCUT2D eigenvalue weighted by molar-refractivity contribution is -0.150. The monoisotopic (exact) mass is 258 g/mol. The largest absolute Gasteiger partial charge is 0.481 e. The molecule has 0 bridgehead atoms. The summed E-state index contributed by atoms with van der Waals surface area (Å²) in [6.45, 7) is 1.06. The SMILES string of the molecule is COCCNC(=O)NCC1(C(=O)O)CCCCC1. The van der Waals surface area contributed by atoms with Crippen molar-refractivity contribution in [1.82, 2.24) is 10.6 Å². The fraction of sp³-hybridized carbons (Fsp3) is 0.833. The summed E-state index contributed by atoms with van der Waals surface area (Å²) in [5.74, 6) is -0.806. The maximum Gasteiger partial charge on any atom is 0.314 e. The van der Waals surface area contributed by atoms with E-state index < -0.39 is 11.4 Å². The zero-order chi connectivity index (χ0) is 13.4. The lowest BCUT2D eigenvalue weighted by Gasteiger charge is -2.33. The summed E-state index contributed by atoms with van der Waals surface area (Å²) in [5, 5.41) is 14.6. The summed E-state index contributed by atoms with van der Waals surface area (Å²) in [6.07, 6.45) is 4.19. The number of rotatable bonds is 6. The molecule has 18 heavy (non-hydrogen) atoms. The summed E-state index contributed by atoms with van der Waals surface area (Å²) in [4.78, 5) is 22.8. The topological polar surface area (TPSA) is 87.7 Å². The Morgan fingerprint density at radius 3 is 2.44 bits per heavy atom. The average molecular weight is 258 g/mol. The number of carboxylic acids is 1. The number of methoxy groups -OCH3 is 1. The van der Waals surface area contributed by atoms with E-state index in [1.54, 1.807) is 7.11 Å². The van der Waals surface area contributed by atoms with Crippen molar-refractivity contribution in [3.63, 3.8) is 0 Å². The maximum atomic E-state index is 11.5. The Balaban J connectivity index is 2.38. The van der Waals surface area contributed by atoms with Crippen LogP contribution in [0.2, 0.25) is 0 Å². The van der Waals surface area contributed by atoms with Crippen LogP contribution in [0.25, 0.3) is 0 Å². The Morgan fingerprint density at radius 1 is 1.22 bits per heavy atom. The molecule has 1 fully saturated rings. The van der Waals surface area contributed by atoms with Crippen LogP contribution in [-0.2, 0) is 9.53 Å². The lowest BCUT2D eigenvalue weighted by atomic mass is 9.74. The zero-order valence-electron chi connectivity index (χ0n) is 10.8. The quantitative estimate of drug-likeness (QED) is 0.619. The van der Waals surface area contributed by atoms with Crippen LogP contribution >= 0.6 is 0 Å². The van der Waals surface area contributed by atoms with E-state index in [1.807, 2.05) is 0 Å². The number of hydrogen-bond donors (Lipinski definition) is 3. The highest BCUT2D eigenvalue weighted by Gasteiger charge is 2.39. The molecule has 2 amide bonds. The van der Waals surface area contributed by atoms with Gasteiger partial charge in [0.25, 0.3) is 0 Å². The Kier molecular flexibility index (Phi) is 5.91. The molecular weight excluding hydrogens is 236 g/mol. The molecule has 0 aromatic heterocycles. The van der Waals surface area contributed by atoms with E-state index in [2.05, 4.69) is 10.6 Å². The Morgan fingerprint density at radius 2 is 1.89 bits per heavy atom. The van der Waals surface area contributed by atoms with Gasteiger partial charge in [-0.3, -0.25) is 4.79 Å². The van der Waals surface area contributed by atoms with Gasteiger partial charge in [0.1, 0.15) is 0 Å². The van der Waals surface area contributed by atoms with Crippen molar-refractivity contribution in [2.75, 3.05) is 26.8 Å². The van der Waals surface area contributed by atoms with Crippen LogP contribution in [0.5, 0.6) is 0 Å². The summed E-state index contributed by atoms with van der Waals surface area (Å²) in [7, 11) is 1.56. The number of carboxylic acid groups (broad SMARTS) is 1. The van der Waals surface area contributed by atoms with E-state index in [0.717, 1.165) is 19.3 Å². The van der Waals surface area contributed by atoms with E-state index in [9.17, 15) is 14.7 Å². The molecule has 6 nitrogen and oxygen atoms in total. The van der Waals surface area contributed by atoms with E-state index in [0.29, 0.717) is 26.0 Å². The van der Waals surface area contributed by atoms with Gasteiger partial charge >= 0.3 is 12.0 Å². The first-order chi connectivity index (χ1) is 8.60. The standard InChI is InChI=1S/C12H22N2O4/c1-18-8-7-13-11(17)14-9-12(10(15)16)5-3-2-4-6-12/h2-9H2,1H3,(H,15,16)(H2,13,14,17). The predicted octanol–water partition coefficient (Wildman–Crippen LogP) is 0.967. The van der Waals surface area contributed by atoms with Gasteiger partial charge in [-0.2, -0.15) is 0 Å². The summed E-state index contributed by atoms with van der Waals surface area (Å²) >= 11 is 0. The molecule has 1 rings (SSSR count). The molecule has 0 unspecified atom stereocenters. The molecule has 0 heterocycles. The van der Waals surface area contributed by atoms with Crippen molar-refractivity contribution in [2.24, 2.45) is 5.41 Å². The number of ether oxygens (including phenoxy) is 1. The summed E-state index contributed by atoms with van der Waals surface area (Å²) in [5.41, 5.74) is -0.781. The number of hydrogen-bond acceptors (Lipinski definition) is 3. The molecule has 0 aromatic carbocycles. The zero-order valence-corrected chi connectivity index (χ0v) is 10.8. The Labute approximate surface area is 107 Å². The fourth-order valence-corrected chi connectivity index (χ4v) is 2.27. The number of carbonyl (C=O) groups excluding carboxylic acids is 1. The molecule has 1 aliphatic rings. The molecular formula is C12H22N2O4. The number of nitrogens with one attached hydrogen (secondary N) is 2. The van der Waals surface area contributed by atoms with Crippen molar-refractivity contribution in [3.05, 3.63) is 0 Å². The van der Waals surface area contributed by atoms with Crippen molar-refractivity contribution in [2.45, 2.75) is 32.1 Å². The molecule has 0 aromatic rings. The molecule has 6 heteroatoms. The number of aliphatic carboxylic acids is 1. The average Bonchev–Trinajstić information content (AvgIpc) is 2.37. The van der Waals surface area contributed by atoms with Gasteiger partial charge in [0.2, 0.25) is 0 Å². The number of carbonyl (C=O) groups is 2. The molecule has 0 saturated heterocycles. The Bertz CT molecular complexity index is 288. The van der Waals surface area contributed by atoms with Crippen LogP contribution in [0.3, 0.4) is 0 Å². The van der Waals surface area contributed by atoms with Gasteiger partial charge in [-0.1, -0.05) is 19.3 Å². The van der Waals surface area contributed by atoms with Crippen molar-refractivity contribution < 1.29 is 19.4 Å². The van der Waals surface area contributed by atoms with Gasteiger partial charge in [0, 0.05) is 20.2 Å². The van der Waals surface area contributed by atoms with E-state index in [-0.39, 0.29) is 12.6 Å². The van der Waals surface area contributed by atoms with Gasteiger partial charge in [-0.05, 0) is 12.8 Å². The van der Waals surface area contributed by atoms with Gasteiger partial charge in [0.05, 0.1) is 12.0 Å². The first-order valence-electron chi connectivity index (χ1n) is 6.35. The minimum atomic E-state index is -0.806. The molecule has 0 radical (unpaired) electrons. The highest BCUT2D eigenvalue weighted by atomic mass is 16.5. The smallest absolute Gasteiger partial charge is 0.314 e. The highest BCUT2D eigenvalue weighted by Crippen LogP contribution is 2.35. The van der Waals surface area contributed by atoms with Gasteiger partial charge in [0.15, 0.2) is 0 Å². The van der Waals surface area contributed by atoms with Crippen LogP contribution < -0.4 is 10.6 Å². The normalized spacial score (nSPS) is 18.1. The first-order valence-corrected chi connectivity index (χ1v) is 6.35. The van der Waals surface area contributed by atoms with Gasteiger partial charge < -0.3 is 20.5 Å². The minimum Gasteiger partial charge on any atom is -0.481 e. The van der Waals surface area contributed by atoms with Crippen LogP contribution in [0, 0.1) is 5.41 Å². The van der Waals surface area contributed by atoms with E-state index >= 15 is 0 Å². The minimum absolute atomic E-state index is 0.196. The molecule has 3 N–H and O–H groups in total. The van der Waals surface area contributed by atoms with Crippen molar-refractivity contribution in [1.29, 1.82) is 0 Å². The fourth-order valence-electron chi connectivity index (χ4n) is 2.27. The van der Waals surface area contributed by atoms with Crippen LogP contribution in [0.4, 0.5) is 4.79 Å². The molecule has 1 aliphatic carbocycles. The number of urea groups is 1. The molecule has 0 spiro atoms. The third kappa shape index (κ3) is 4.18. The second kappa shape index (κ2) is 7.20. The Hall–Kier alpha value is -1.30. The summed E-state index contributed by atoms with van der Waals surface area (Å²) < 4.78 is 4.81. The second-order valence-corrected chi connectivity index (χ2v) is 4.75. The van der Waals surface area contributed by atoms with Gasteiger partial charge in [-0.25, -0.2) is 4.79 Å². The predicted molar refractivity (Wildman–Crippen MR) is 66.4 cm³/mol. The van der Waals surface area contributed by atoms with E-state index in [1.165, 1.54) is 0 Å².